The van der Waals surface area contributed by atoms with Crippen molar-refractivity contribution in [3.05, 3.63) is 23.8 Å². The maximum Gasteiger partial charge on any atom is 0.247 e. The molecule has 0 amide bonds. The maximum absolute atomic E-state index is 13.3. The van der Waals surface area contributed by atoms with Crippen LogP contribution in [0, 0.1) is 11.6 Å². The molecule has 102 valence electrons. The lowest BCUT2D eigenvalue weighted by Crippen LogP contribution is -2.23. The molecule has 0 spiro atoms. The topological polar surface area (TPSA) is 106 Å². The molecule has 1 aromatic carbocycles. The predicted molar refractivity (Wildman–Crippen MR) is 63.0 cm³/mol. The van der Waals surface area contributed by atoms with Crippen molar-refractivity contribution in [1.29, 1.82) is 0 Å². The van der Waals surface area contributed by atoms with Gasteiger partial charge in [-0.2, -0.15) is 0 Å². The van der Waals surface area contributed by atoms with Gasteiger partial charge in [-0.15, -0.1) is 0 Å². The summed E-state index contributed by atoms with van der Waals surface area (Å²) in [5.74, 6) is -2.21. The van der Waals surface area contributed by atoms with E-state index < -0.39 is 48.0 Å². The average molecular weight is 300 g/mol. The Kier molecular flexibility index (Phi) is 3.81. The van der Waals surface area contributed by atoms with Crippen molar-refractivity contribution in [3.63, 3.8) is 0 Å². The molecule has 1 aromatic rings. The minimum Gasteiger partial charge on any atom is -0.397 e. The number of benzene rings is 1. The van der Waals surface area contributed by atoms with Gasteiger partial charge in [0.05, 0.1) is 5.69 Å². The van der Waals surface area contributed by atoms with Crippen LogP contribution in [0.1, 0.15) is 0 Å². The van der Waals surface area contributed by atoms with Crippen molar-refractivity contribution in [2.75, 3.05) is 21.8 Å². The van der Waals surface area contributed by atoms with E-state index in [1.807, 2.05) is 0 Å². The number of hydrogen-bond donors (Lipinski definition) is 2. The Hall–Kier alpha value is -1.42. The summed E-state index contributed by atoms with van der Waals surface area (Å²) in [5, 5.41) is -1.23. The standard InChI is InChI=1S/C8H10F2N2O4S2/c1-17(13,14)4-18(15,16)12-8-6(10)2-5(9)3-7(8)11/h2-3,12H,4,11H2,1H3. The largest absolute Gasteiger partial charge is 0.397 e. The van der Waals surface area contributed by atoms with Crippen molar-refractivity contribution in [2.45, 2.75) is 0 Å². The Labute approximate surface area is 103 Å². The maximum atomic E-state index is 13.3. The first-order valence-corrected chi connectivity index (χ1v) is 8.14. The molecule has 0 saturated carbocycles. The number of halogens is 2. The fourth-order valence-corrected chi connectivity index (χ4v) is 4.18. The Morgan fingerprint density at radius 2 is 1.78 bits per heavy atom. The third-order valence-electron chi connectivity index (χ3n) is 1.71. The second-order valence-corrected chi connectivity index (χ2v) is 7.84. The van der Waals surface area contributed by atoms with E-state index in [1.54, 1.807) is 4.72 Å². The summed E-state index contributed by atoms with van der Waals surface area (Å²) < 4.78 is 72.2. The number of hydrogen-bond acceptors (Lipinski definition) is 5. The number of rotatable bonds is 4. The highest BCUT2D eigenvalue weighted by molar-refractivity contribution is 8.08. The van der Waals surface area contributed by atoms with Gasteiger partial charge in [0, 0.05) is 12.3 Å². The predicted octanol–water partition coefficient (Wildman–Crippen LogP) is 0.291. The second-order valence-electron chi connectivity index (χ2n) is 3.61. The van der Waals surface area contributed by atoms with E-state index in [2.05, 4.69) is 0 Å². The Bertz CT molecular complexity index is 647. The molecule has 18 heavy (non-hydrogen) atoms. The quantitative estimate of drug-likeness (QED) is 0.777. The van der Waals surface area contributed by atoms with Crippen molar-refractivity contribution in [3.8, 4) is 0 Å². The molecular formula is C8H10F2N2O4S2. The molecule has 1 rings (SSSR count). The van der Waals surface area contributed by atoms with Crippen LogP contribution >= 0.6 is 0 Å². The Morgan fingerprint density at radius 3 is 2.22 bits per heavy atom. The van der Waals surface area contributed by atoms with E-state index in [-0.39, 0.29) is 0 Å². The smallest absolute Gasteiger partial charge is 0.247 e. The van der Waals surface area contributed by atoms with Crippen molar-refractivity contribution in [1.82, 2.24) is 0 Å². The van der Waals surface area contributed by atoms with Crippen LogP contribution in [0.3, 0.4) is 0 Å². The molecule has 0 fully saturated rings. The van der Waals surface area contributed by atoms with Crippen LogP contribution in [-0.4, -0.2) is 28.2 Å². The van der Waals surface area contributed by atoms with E-state index in [1.165, 1.54) is 0 Å². The molecule has 0 aromatic heterocycles. The van der Waals surface area contributed by atoms with E-state index in [9.17, 15) is 25.6 Å². The van der Waals surface area contributed by atoms with Gasteiger partial charge in [0.2, 0.25) is 10.0 Å². The zero-order valence-corrected chi connectivity index (χ0v) is 10.8. The summed E-state index contributed by atoms with van der Waals surface area (Å²) >= 11 is 0. The fourth-order valence-electron chi connectivity index (χ4n) is 1.17. The van der Waals surface area contributed by atoms with Crippen LogP contribution in [0.15, 0.2) is 12.1 Å². The third-order valence-corrected chi connectivity index (χ3v) is 5.18. The zero-order valence-electron chi connectivity index (χ0n) is 9.14. The summed E-state index contributed by atoms with van der Waals surface area (Å²) in [4.78, 5) is 0. The highest BCUT2D eigenvalue weighted by Crippen LogP contribution is 2.25. The lowest BCUT2D eigenvalue weighted by molar-refractivity contribution is 0.583. The average Bonchev–Trinajstić information content (AvgIpc) is 2.07. The van der Waals surface area contributed by atoms with Crippen LogP contribution in [0.25, 0.3) is 0 Å². The molecule has 0 atom stereocenters. The van der Waals surface area contributed by atoms with Gasteiger partial charge in [-0.3, -0.25) is 4.72 Å². The highest BCUT2D eigenvalue weighted by atomic mass is 32.3. The van der Waals surface area contributed by atoms with Gasteiger partial charge >= 0.3 is 0 Å². The van der Waals surface area contributed by atoms with Crippen LogP contribution in [0.4, 0.5) is 20.2 Å². The summed E-state index contributed by atoms with van der Waals surface area (Å²) in [6.07, 6.45) is 0.705. The van der Waals surface area contributed by atoms with Gasteiger partial charge in [0.1, 0.15) is 11.5 Å². The summed E-state index contributed by atoms with van der Waals surface area (Å²) in [7, 11) is -8.15. The van der Waals surface area contributed by atoms with Crippen molar-refractivity contribution >= 4 is 31.2 Å². The van der Waals surface area contributed by atoms with E-state index in [0.29, 0.717) is 18.4 Å². The molecule has 0 aliphatic heterocycles. The molecule has 6 nitrogen and oxygen atoms in total. The summed E-state index contributed by atoms with van der Waals surface area (Å²) in [6, 6.07) is 1.13. The van der Waals surface area contributed by atoms with Crippen LogP contribution in [-0.2, 0) is 19.9 Å². The number of nitrogens with one attached hydrogen (secondary N) is 1. The van der Waals surface area contributed by atoms with Crippen LogP contribution < -0.4 is 10.5 Å². The Balaban J connectivity index is 3.13. The van der Waals surface area contributed by atoms with E-state index in [0.717, 1.165) is 0 Å². The number of nitrogens with two attached hydrogens (primary N) is 1. The normalized spacial score (nSPS) is 12.4. The molecule has 0 bridgehead atoms. The molecule has 0 radical (unpaired) electrons. The molecule has 0 heterocycles. The summed E-state index contributed by atoms with van der Waals surface area (Å²) in [6.45, 7) is 0. The van der Waals surface area contributed by atoms with Crippen LogP contribution in [0.2, 0.25) is 0 Å². The number of nitrogen functional groups attached to an aromatic ring is 1. The lowest BCUT2D eigenvalue weighted by atomic mass is 10.2. The molecule has 0 unspecified atom stereocenters. The molecule has 0 saturated heterocycles. The Morgan fingerprint density at radius 1 is 1.22 bits per heavy atom. The van der Waals surface area contributed by atoms with Gasteiger partial charge in [-0.05, 0) is 6.07 Å². The number of sulfonamides is 1. The molecule has 10 heteroatoms. The zero-order chi connectivity index (χ0) is 14.1. The number of anilines is 2. The van der Waals surface area contributed by atoms with Gasteiger partial charge in [-0.25, -0.2) is 25.6 Å². The van der Waals surface area contributed by atoms with Gasteiger partial charge in [-0.1, -0.05) is 0 Å². The monoisotopic (exact) mass is 300 g/mol. The van der Waals surface area contributed by atoms with E-state index in [4.69, 9.17) is 5.73 Å². The molecule has 0 aliphatic carbocycles. The summed E-state index contributed by atoms with van der Waals surface area (Å²) in [5.41, 5.74) is 4.07. The first-order valence-electron chi connectivity index (χ1n) is 4.43. The highest BCUT2D eigenvalue weighted by Gasteiger charge is 2.21. The van der Waals surface area contributed by atoms with Crippen molar-refractivity contribution < 1.29 is 25.6 Å². The van der Waals surface area contributed by atoms with E-state index >= 15 is 0 Å². The van der Waals surface area contributed by atoms with Gasteiger partial charge in [0.15, 0.2) is 20.7 Å². The van der Waals surface area contributed by atoms with Gasteiger partial charge in [0.25, 0.3) is 0 Å². The van der Waals surface area contributed by atoms with Gasteiger partial charge < -0.3 is 5.73 Å². The van der Waals surface area contributed by atoms with Crippen molar-refractivity contribution in [2.24, 2.45) is 0 Å². The second kappa shape index (κ2) is 4.69. The molecular weight excluding hydrogens is 290 g/mol. The molecule has 3 N–H and O–H groups in total. The minimum absolute atomic E-state index is 0.425. The molecule has 0 aliphatic rings. The lowest BCUT2D eigenvalue weighted by Gasteiger charge is -2.10. The first-order chi connectivity index (χ1) is 8.00. The SMILES string of the molecule is CS(=O)(=O)CS(=O)(=O)Nc1c(N)cc(F)cc1F. The third kappa shape index (κ3) is 4.11. The minimum atomic E-state index is -4.33. The fraction of sp³-hybridized carbons (Fsp3) is 0.250. The number of sulfone groups is 1. The van der Waals surface area contributed by atoms with Crippen LogP contribution in [0.5, 0.6) is 0 Å². The first kappa shape index (κ1) is 14.6.